The molecule has 1 heterocycles. The van der Waals surface area contributed by atoms with E-state index in [2.05, 4.69) is 11.9 Å². The molecule has 0 fully saturated rings. The minimum absolute atomic E-state index is 0.238. The summed E-state index contributed by atoms with van der Waals surface area (Å²) in [5.41, 5.74) is 0.767. The number of carbonyl (C=O) groups is 1. The van der Waals surface area contributed by atoms with Gasteiger partial charge in [-0.3, -0.25) is 4.79 Å². The van der Waals surface area contributed by atoms with E-state index in [-0.39, 0.29) is 12.4 Å². The van der Waals surface area contributed by atoms with Crippen LogP contribution in [0.4, 0.5) is 0 Å². The zero-order chi connectivity index (χ0) is 14.1. The molecule has 19 heavy (non-hydrogen) atoms. The molecule has 0 aromatic carbocycles. The first-order valence-corrected chi connectivity index (χ1v) is 7.02. The highest BCUT2D eigenvalue weighted by Gasteiger charge is 2.15. The average molecular weight is 268 g/mol. The largest absolute Gasteiger partial charge is 0.466 e. The highest BCUT2D eigenvalue weighted by Crippen LogP contribution is 2.18. The van der Waals surface area contributed by atoms with Gasteiger partial charge in [0.25, 0.3) is 0 Å². The third-order valence-electron chi connectivity index (χ3n) is 2.93. The summed E-state index contributed by atoms with van der Waals surface area (Å²) < 4.78 is 6.98. The second kappa shape index (κ2) is 8.69. The molecule has 1 N–H and O–H groups in total. The topological polar surface area (TPSA) is 64.3 Å². The summed E-state index contributed by atoms with van der Waals surface area (Å²) in [6, 6.07) is 0. The molecule has 0 saturated heterocycles. The van der Waals surface area contributed by atoms with E-state index in [9.17, 15) is 9.90 Å². The lowest BCUT2D eigenvalue weighted by Gasteiger charge is -2.13. The van der Waals surface area contributed by atoms with Crippen LogP contribution in [0, 0.1) is 0 Å². The highest BCUT2D eigenvalue weighted by molar-refractivity contribution is 5.69. The Morgan fingerprint density at radius 3 is 2.95 bits per heavy atom. The Balaban J connectivity index is 2.35. The van der Waals surface area contributed by atoms with Crippen LogP contribution in [0.3, 0.4) is 0 Å². The van der Waals surface area contributed by atoms with Crippen LogP contribution in [0.5, 0.6) is 0 Å². The predicted octanol–water partition coefficient (Wildman–Crippen LogP) is 2.45. The molecule has 1 atom stereocenters. The Kier molecular flexibility index (Phi) is 7.18. The van der Waals surface area contributed by atoms with Crippen molar-refractivity contribution >= 4 is 5.97 Å². The Hall–Kier alpha value is -1.36. The van der Waals surface area contributed by atoms with E-state index in [1.807, 2.05) is 11.5 Å². The first kappa shape index (κ1) is 15.7. The lowest BCUT2D eigenvalue weighted by Crippen LogP contribution is -2.11. The third kappa shape index (κ3) is 5.42. The third-order valence-corrected chi connectivity index (χ3v) is 2.93. The summed E-state index contributed by atoms with van der Waals surface area (Å²) in [5.74, 6) is -0.242. The fourth-order valence-electron chi connectivity index (χ4n) is 1.84. The van der Waals surface area contributed by atoms with E-state index in [0.29, 0.717) is 13.0 Å². The maximum absolute atomic E-state index is 11.4. The molecule has 1 rings (SSSR count). The number of rotatable bonds is 9. The molecule has 0 aliphatic heterocycles. The molecule has 1 aromatic heterocycles. The van der Waals surface area contributed by atoms with Crippen molar-refractivity contribution in [1.82, 2.24) is 9.55 Å². The molecule has 5 nitrogen and oxygen atoms in total. The van der Waals surface area contributed by atoms with Crippen LogP contribution in [0.15, 0.2) is 12.5 Å². The van der Waals surface area contributed by atoms with E-state index >= 15 is 0 Å². The van der Waals surface area contributed by atoms with Crippen LogP contribution in [0.2, 0.25) is 0 Å². The van der Waals surface area contributed by atoms with Crippen molar-refractivity contribution in [3.05, 3.63) is 18.2 Å². The molecule has 0 aliphatic carbocycles. The van der Waals surface area contributed by atoms with E-state index in [0.717, 1.165) is 31.5 Å². The zero-order valence-corrected chi connectivity index (χ0v) is 11.8. The Morgan fingerprint density at radius 1 is 1.47 bits per heavy atom. The number of hydrogen-bond acceptors (Lipinski definition) is 4. The lowest BCUT2D eigenvalue weighted by molar-refractivity contribution is -0.144. The number of aliphatic hydroxyl groups is 1. The van der Waals surface area contributed by atoms with Crippen molar-refractivity contribution in [2.24, 2.45) is 0 Å². The molecule has 5 heteroatoms. The Bertz CT molecular complexity index is 377. The van der Waals surface area contributed by atoms with Gasteiger partial charge in [0.2, 0.25) is 0 Å². The molecule has 0 saturated carbocycles. The maximum Gasteiger partial charge on any atom is 0.305 e. The number of ether oxygens (including phenoxy) is 1. The number of unbranched alkanes of at least 4 members (excludes halogenated alkanes) is 1. The summed E-state index contributed by atoms with van der Waals surface area (Å²) in [4.78, 5) is 15.5. The van der Waals surface area contributed by atoms with Gasteiger partial charge in [-0.05, 0) is 19.3 Å². The lowest BCUT2D eigenvalue weighted by atomic mass is 10.1. The van der Waals surface area contributed by atoms with Crippen LogP contribution >= 0.6 is 0 Å². The van der Waals surface area contributed by atoms with E-state index < -0.39 is 6.10 Å². The number of imidazole rings is 1. The summed E-state index contributed by atoms with van der Waals surface area (Å²) in [7, 11) is 0. The second-order valence-electron chi connectivity index (χ2n) is 4.64. The first-order chi connectivity index (χ1) is 9.19. The zero-order valence-electron chi connectivity index (χ0n) is 11.8. The second-order valence-corrected chi connectivity index (χ2v) is 4.64. The van der Waals surface area contributed by atoms with Crippen molar-refractivity contribution in [2.75, 3.05) is 6.61 Å². The number of aryl methyl sites for hydroxylation is 1. The fourth-order valence-corrected chi connectivity index (χ4v) is 1.84. The van der Waals surface area contributed by atoms with Crippen LogP contribution in [0.25, 0.3) is 0 Å². The predicted molar refractivity (Wildman–Crippen MR) is 72.6 cm³/mol. The molecule has 0 radical (unpaired) electrons. The van der Waals surface area contributed by atoms with Gasteiger partial charge in [-0.2, -0.15) is 0 Å². The molecular formula is C14H24N2O3. The molecule has 1 unspecified atom stereocenters. The van der Waals surface area contributed by atoms with Crippen LogP contribution in [0.1, 0.15) is 57.7 Å². The van der Waals surface area contributed by atoms with Gasteiger partial charge in [-0.15, -0.1) is 0 Å². The van der Waals surface area contributed by atoms with Crippen molar-refractivity contribution in [3.8, 4) is 0 Å². The summed E-state index contributed by atoms with van der Waals surface area (Å²) in [5, 5.41) is 10.1. The summed E-state index contributed by atoms with van der Waals surface area (Å²) >= 11 is 0. The van der Waals surface area contributed by atoms with Crippen molar-refractivity contribution in [3.63, 3.8) is 0 Å². The van der Waals surface area contributed by atoms with Gasteiger partial charge < -0.3 is 14.4 Å². The van der Waals surface area contributed by atoms with E-state index in [1.54, 1.807) is 12.5 Å². The number of hydrogen-bond donors (Lipinski definition) is 1. The number of carbonyl (C=O) groups excluding carboxylic acids is 1. The van der Waals surface area contributed by atoms with Gasteiger partial charge in [0, 0.05) is 13.0 Å². The normalized spacial score (nSPS) is 12.4. The SMILES string of the molecule is CCCCOC(=O)CCC(O)c1cncn1CCC. The van der Waals surface area contributed by atoms with Gasteiger partial charge in [-0.1, -0.05) is 20.3 Å². The summed E-state index contributed by atoms with van der Waals surface area (Å²) in [6.45, 7) is 5.42. The quantitative estimate of drug-likeness (QED) is 0.552. The molecule has 0 aliphatic rings. The van der Waals surface area contributed by atoms with Gasteiger partial charge >= 0.3 is 5.97 Å². The number of aromatic nitrogens is 2. The van der Waals surface area contributed by atoms with E-state index in [4.69, 9.17) is 4.74 Å². The molecule has 0 spiro atoms. The number of nitrogens with zero attached hydrogens (tertiary/aromatic N) is 2. The molecule has 108 valence electrons. The van der Waals surface area contributed by atoms with Crippen LogP contribution in [-0.2, 0) is 16.1 Å². The standard InChI is InChI=1S/C14H24N2O3/c1-3-5-9-19-14(18)7-6-13(17)12-10-15-11-16(12)8-4-2/h10-11,13,17H,3-9H2,1-2H3. The molecular weight excluding hydrogens is 244 g/mol. The maximum atomic E-state index is 11.4. The van der Waals surface area contributed by atoms with Gasteiger partial charge in [0.15, 0.2) is 0 Å². The van der Waals surface area contributed by atoms with E-state index in [1.165, 1.54) is 0 Å². The van der Waals surface area contributed by atoms with Gasteiger partial charge in [-0.25, -0.2) is 4.98 Å². The highest BCUT2D eigenvalue weighted by atomic mass is 16.5. The number of esters is 1. The Morgan fingerprint density at radius 2 is 2.26 bits per heavy atom. The molecule has 0 amide bonds. The summed E-state index contributed by atoms with van der Waals surface area (Å²) in [6.07, 6.45) is 6.19. The van der Waals surface area contributed by atoms with Crippen molar-refractivity contribution in [1.29, 1.82) is 0 Å². The van der Waals surface area contributed by atoms with Crippen molar-refractivity contribution in [2.45, 2.75) is 58.6 Å². The average Bonchev–Trinajstić information content (AvgIpc) is 2.85. The monoisotopic (exact) mass is 268 g/mol. The molecule has 0 bridgehead atoms. The molecule has 1 aromatic rings. The van der Waals surface area contributed by atoms with Crippen molar-refractivity contribution < 1.29 is 14.6 Å². The smallest absolute Gasteiger partial charge is 0.305 e. The van der Waals surface area contributed by atoms with Gasteiger partial charge in [0.05, 0.1) is 30.9 Å². The van der Waals surface area contributed by atoms with Crippen LogP contribution < -0.4 is 0 Å². The minimum atomic E-state index is -0.659. The first-order valence-electron chi connectivity index (χ1n) is 7.02. The number of aliphatic hydroxyl groups excluding tert-OH is 1. The fraction of sp³-hybridized carbons (Fsp3) is 0.714. The minimum Gasteiger partial charge on any atom is -0.466 e. The van der Waals surface area contributed by atoms with Gasteiger partial charge in [0.1, 0.15) is 0 Å². The van der Waals surface area contributed by atoms with Crippen LogP contribution in [-0.4, -0.2) is 27.2 Å². The Labute approximate surface area is 114 Å².